The maximum absolute atomic E-state index is 12.3. The first-order valence-corrected chi connectivity index (χ1v) is 6.88. The number of amides is 1. The third-order valence-corrected chi connectivity index (χ3v) is 4.13. The Labute approximate surface area is 109 Å². The van der Waals surface area contributed by atoms with E-state index in [9.17, 15) is 9.59 Å². The number of carboxylic acid groups (broad SMARTS) is 1. The molecule has 0 unspecified atom stereocenters. The van der Waals surface area contributed by atoms with Gasteiger partial charge in [-0.15, -0.1) is 0 Å². The molecule has 1 saturated heterocycles. The maximum Gasteiger partial charge on any atom is 0.303 e. The molecule has 1 N–H and O–H groups in total. The molecule has 0 bridgehead atoms. The number of hydrogen-bond donors (Lipinski definition) is 1. The summed E-state index contributed by atoms with van der Waals surface area (Å²) in [4.78, 5) is 24.7. The second-order valence-electron chi connectivity index (χ2n) is 5.91. The molecule has 0 aromatic carbocycles. The van der Waals surface area contributed by atoms with E-state index >= 15 is 0 Å². The molecular formula is C14H25NO3. The lowest BCUT2D eigenvalue weighted by molar-refractivity contribution is -0.142. The van der Waals surface area contributed by atoms with E-state index in [-0.39, 0.29) is 17.7 Å². The Bertz CT molecular complexity index is 304. The number of carbonyl (C=O) groups excluding carboxylic acids is 1. The van der Waals surface area contributed by atoms with E-state index in [1.54, 1.807) is 0 Å². The molecule has 1 rings (SSSR count). The van der Waals surface area contributed by atoms with Gasteiger partial charge in [0.05, 0.1) is 0 Å². The molecule has 4 nitrogen and oxygen atoms in total. The van der Waals surface area contributed by atoms with E-state index in [1.165, 1.54) is 0 Å². The van der Waals surface area contributed by atoms with E-state index in [0.29, 0.717) is 5.92 Å². The number of carboxylic acids is 1. The van der Waals surface area contributed by atoms with E-state index < -0.39 is 5.97 Å². The molecular weight excluding hydrogens is 230 g/mol. The maximum atomic E-state index is 12.3. The first-order chi connectivity index (χ1) is 8.36. The second-order valence-corrected chi connectivity index (χ2v) is 5.91. The van der Waals surface area contributed by atoms with Crippen LogP contribution in [0.25, 0.3) is 0 Å². The van der Waals surface area contributed by atoms with Crippen molar-refractivity contribution >= 4 is 11.9 Å². The molecule has 18 heavy (non-hydrogen) atoms. The Morgan fingerprint density at radius 1 is 1.28 bits per heavy atom. The highest BCUT2D eigenvalue weighted by atomic mass is 16.4. The van der Waals surface area contributed by atoms with Gasteiger partial charge in [0.1, 0.15) is 0 Å². The molecule has 1 amide bonds. The Morgan fingerprint density at radius 2 is 1.83 bits per heavy atom. The zero-order valence-electron chi connectivity index (χ0n) is 11.7. The van der Waals surface area contributed by atoms with E-state index in [2.05, 4.69) is 0 Å². The van der Waals surface area contributed by atoms with Crippen LogP contribution in [0.15, 0.2) is 0 Å². The van der Waals surface area contributed by atoms with Gasteiger partial charge in [-0.1, -0.05) is 20.8 Å². The van der Waals surface area contributed by atoms with E-state index in [4.69, 9.17) is 5.11 Å². The van der Waals surface area contributed by atoms with Gasteiger partial charge in [0.2, 0.25) is 5.91 Å². The lowest BCUT2D eigenvalue weighted by Crippen LogP contribution is -2.45. The van der Waals surface area contributed by atoms with Crippen molar-refractivity contribution in [1.82, 2.24) is 4.90 Å². The van der Waals surface area contributed by atoms with Crippen LogP contribution in [0.4, 0.5) is 0 Å². The van der Waals surface area contributed by atoms with Crippen LogP contribution in [0, 0.1) is 11.3 Å². The Morgan fingerprint density at radius 3 is 2.28 bits per heavy atom. The smallest absolute Gasteiger partial charge is 0.303 e. The number of carbonyl (C=O) groups is 2. The molecule has 1 aliphatic rings. The predicted octanol–water partition coefficient (Wildman–Crippen LogP) is 2.53. The summed E-state index contributed by atoms with van der Waals surface area (Å²) in [5, 5.41) is 8.66. The first-order valence-electron chi connectivity index (χ1n) is 6.88. The average Bonchev–Trinajstić information content (AvgIpc) is 2.36. The third kappa shape index (κ3) is 4.00. The summed E-state index contributed by atoms with van der Waals surface area (Å²) in [6.45, 7) is 7.59. The minimum atomic E-state index is -0.722. The number of nitrogens with zero attached hydrogens (tertiary/aromatic N) is 1. The van der Waals surface area contributed by atoms with Crippen molar-refractivity contribution in [3.63, 3.8) is 0 Å². The summed E-state index contributed by atoms with van der Waals surface area (Å²) in [5.41, 5.74) is -0.270. The highest BCUT2D eigenvalue weighted by Crippen LogP contribution is 2.28. The zero-order chi connectivity index (χ0) is 13.8. The number of likely N-dealkylation sites (tertiary alicyclic amines) is 1. The van der Waals surface area contributed by atoms with Crippen LogP contribution in [0.5, 0.6) is 0 Å². The monoisotopic (exact) mass is 255 g/mol. The van der Waals surface area contributed by atoms with Crippen LogP contribution in [0.2, 0.25) is 0 Å². The van der Waals surface area contributed by atoms with Crippen LogP contribution in [-0.2, 0) is 9.59 Å². The normalized spacial score (nSPS) is 17.8. The van der Waals surface area contributed by atoms with Gasteiger partial charge < -0.3 is 10.0 Å². The van der Waals surface area contributed by atoms with Gasteiger partial charge in [0, 0.05) is 24.9 Å². The summed E-state index contributed by atoms with van der Waals surface area (Å²) in [5.74, 6) is -0.0165. The lowest BCUT2D eigenvalue weighted by atomic mass is 9.86. The average molecular weight is 255 g/mol. The number of piperidine rings is 1. The van der Waals surface area contributed by atoms with Gasteiger partial charge >= 0.3 is 5.97 Å². The highest BCUT2D eigenvalue weighted by Gasteiger charge is 2.32. The van der Waals surface area contributed by atoms with Crippen molar-refractivity contribution in [3.05, 3.63) is 0 Å². The van der Waals surface area contributed by atoms with E-state index in [1.807, 2.05) is 25.7 Å². The minimum Gasteiger partial charge on any atom is -0.481 e. The Hall–Kier alpha value is -1.06. The van der Waals surface area contributed by atoms with Gasteiger partial charge in [-0.2, -0.15) is 0 Å². The Kier molecular flexibility index (Phi) is 5.17. The van der Waals surface area contributed by atoms with Crippen molar-refractivity contribution in [2.45, 2.75) is 52.9 Å². The van der Waals surface area contributed by atoms with Crippen LogP contribution in [0.3, 0.4) is 0 Å². The van der Waals surface area contributed by atoms with Crippen molar-refractivity contribution in [1.29, 1.82) is 0 Å². The molecule has 1 heterocycles. The first kappa shape index (κ1) is 15.0. The van der Waals surface area contributed by atoms with Gasteiger partial charge in [-0.3, -0.25) is 9.59 Å². The van der Waals surface area contributed by atoms with Gasteiger partial charge in [-0.05, 0) is 31.6 Å². The summed E-state index contributed by atoms with van der Waals surface area (Å²) in [6, 6.07) is 0. The molecule has 104 valence electrons. The highest BCUT2D eigenvalue weighted by molar-refractivity contribution is 5.82. The summed E-state index contributed by atoms with van der Waals surface area (Å²) in [7, 11) is 0. The van der Waals surface area contributed by atoms with Crippen LogP contribution >= 0.6 is 0 Å². The molecule has 1 aliphatic heterocycles. The largest absolute Gasteiger partial charge is 0.481 e. The number of aliphatic carboxylic acids is 1. The fourth-order valence-electron chi connectivity index (χ4n) is 2.33. The van der Waals surface area contributed by atoms with Crippen molar-refractivity contribution in [2.24, 2.45) is 11.3 Å². The van der Waals surface area contributed by atoms with Crippen molar-refractivity contribution in [3.8, 4) is 0 Å². The summed E-state index contributed by atoms with van der Waals surface area (Å²) in [6.07, 6.45) is 3.73. The van der Waals surface area contributed by atoms with Gasteiger partial charge in [0.15, 0.2) is 0 Å². The fourth-order valence-corrected chi connectivity index (χ4v) is 2.33. The van der Waals surface area contributed by atoms with Crippen molar-refractivity contribution < 1.29 is 14.7 Å². The van der Waals surface area contributed by atoms with E-state index in [0.717, 1.165) is 38.8 Å². The molecule has 0 atom stereocenters. The van der Waals surface area contributed by atoms with Crippen molar-refractivity contribution in [2.75, 3.05) is 13.1 Å². The third-order valence-electron chi connectivity index (χ3n) is 4.13. The lowest BCUT2D eigenvalue weighted by Gasteiger charge is -2.36. The molecule has 0 aliphatic carbocycles. The molecule has 0 spiro atoms. The predicted molar refractivity (Wildman–Crippen MR) is 70.2 cm³/mol. The van der Waals surface area contributed by atoms with Crippen LogP contribution in [-0.4, -0.2) is 35.0 Å². The molecule has 0 aromatic rings. The molecule has 0 aromatic heterocycles. The molecule has 1 fully saturated rings. The van der Waals surface area contributed by atoms with Gasteiger partial charge in [0.25, 0.3) is 0 Å². The topological polar surface area (TPSA) is 57.6 Å². The molecule has 0 saturated carbocycles. The van der Waals surface area contributed by atoms with Crippen LogP contribution in [0.1, 0.15) is 52.9 Å². The number of rotatable bonds is 5. The Balaban J connectivity index is 2.39. The standard InChI is InChI=1S/C14H25NO3/c1-4-14(2,3)13(18)15-9-7-11(8-10-15)5-6-12(16)17/h11H,4-10H2,1-3H3,(H,16,17). The molecule has 4 heteroatoms. The number of hydrogen-bond acceptors (Lipinski definition) is 2. The fraction of sp³-hybridized carbons (Fsp3) is 0.857. The summed E-state index contributed by atoms with van der Waals surface area (Å²) < 4.78 is 0. The molecule has 0 radical (unpaired) electrons. The quantitative estimate of drug-likeness (QED) is 0.821. The summed E-state index contributed by atoms with van der Waals surface area (Å²) >= 11 is 0. The van der Waals surface area contributed by atoms with Crippen LogP contribution < -0.4 is 0 Å². The second kappa shape index (κ2) is 6.21. The minimum absolute atomic E-state index is 0.238. The zero-order valence-corrected chi connectivity index (χ0v) is 11.7. The van der Waals surface area contributed by atoms with Gasteiger partial charge in [-0.25, -0.2) is 0 Å². The SMILES string of the molecule is CCC(C)(C)C(=O)N1CCC(CCC(=O)O)CC1.